The van der Waals surface area contributed by atoms with Crippen molar-refractivity contribution in [2.45, 2.75) is 27.2 Å². The topological polar surface area (TPSA) is 46.5 Å². The van der Waals surface area contributed by atoms with Crippen molar-refractivity contribution in [3.8, 4) is 0 Å². The van der Waals surface area contributed by atoms with Crippen LogP contribution in [0.4, 0.5) is 0 Å². The molecule has 2 aromatic rings. The fraction of sp³-hybridized carbons (Fsp3) is 0.455. The number of imidazole rings is 2. The predicted molar refractivity (Wildman–Crippen MR) is 60.6 cm³/mol. The lowest BCUT2D eigenvalue weighted by Crippen LogP contribution is -1.92. The van der Waals surface area contributed by atoms with Gasteiger partial charge >= 0.3 is 0 Å². The largest absolute Gasteiger partial charge is 0.346 e. The molecule has 4 heteroatoms. The van der Waals surface area contributed by atoms with Gasteiger partial charge in [0.05, 0.1) is 0 Å². The van der Waals surface area contributed by atoms with E-state index in [1.807, 2.05) is 44.1 Å². The molecule has 2 rings (SSSR count). The van der Waals surface area contributed by atoms with Crippen LogP contribution in [-0.2, 0) is 13.5 Å². The van der Waals surface area contributed by atoms with Crippen LogP contribution in [0.3, 0.4) is 0 Å². The molecule has 0 aliphatic heterocycles. The van der Waals surface area contributed by atoms with Crippen molar-refractivity contribution in [2.24, 2.45) is 7.05 Å². The van der Waals surface area contributed by atoms with Gasteiger partial charge in [-0.25, -0.2) is 9.97 Å². The first-order chi connectivity index (χ1) is 7.13. The Bertz CT molecular complexity index is 384. The Morgan fingerprint density at radius 2 is 2.07 bits per heavy atom. The maximum atomic E-state index is 4.10. The predicted octanol–water partition coefficient (Wildman–Crippen LogP) is 2.01. The first-order valence-electron chi connectivity index (χ1n) is 5.08. The van der Waals surface area contributed by atoms with Gasteiger partial charge in [-0.3, -0.25) is 0 Å². The van der Waals surface area contributed by atoms with Gasteiger partial charge in [-0.2, -0.15) is 0 Å². The monoisotopic (exact) mass is 206 g/mol. The molecule has 4 nitrogen and oxygen atoms in total. The maximum absolute atomic E-state index is 4.10. The van der Waals surface area contributed by atoms with Gasteiger partial charge in [-0.15, -0.1) is 0 Å². The van der Waals surface area contributed by atoms with E-state index in [0.717, 1.165) is 23.8 Å². The van der Waals surface area contributed by atoms with Crippen molar-refractivity contribution in [3.63, 3.8) is 0 Å². The Hall–Kier alpha value is -1.58. The number of aromatic nitrogens is 4. The highest BCUT2D eigenvalue weighted by Gasteiger charge is 1.90. The molecule has 1 N–H and O–H groups in total. The van der Waals surface area contributed by atoms with E-state index in [4.69, 9.17) is 0 Å². The van der Waals surface area contributed by atoms with E-state index >= 15 is 0 Å². The van der Waals surface area contributed by atoms with Gasteiger partial charge in [0.2, 0.25) is 0 Å². The minimum absolute atomic E-state index is 0.984. The van der Waals surface area contributed by atoms with Crippen molar-refractivity contribution in [1.29, 1.82) is 0 Å². The molecule has 0 unspecified atom stereocenters. The molecular formula is C11H18N4. The Morgan fingerprint density at radius 1 is 1.33 bits per heavy atom. The smallest absolute Gasteiger partial charge is 0.108 e. The third-order valence-corrected chi connectivity index (χ3v) is 2.07. The number of aryl methyl sites for hydroxylation is 4. The number of H-pyrrole nitrogens is 1. The molecule has 2 aromatic heterocycles. The molecule has 0 aliphatic rings. The molecule has 0 radical (unpaired) electrons. The van der Waals surface area contributed by atoms with Gasteiger partial charge < -0.3 is 9.55 Å². The summed E-state index contributed by atoms with van der Waals surface area (Å²) in [6, 6.07) is 0. The van der Waals surface area contributed by atoms with E-state index in [9.17, 15) is 0 Å². The van der Waals surface area contributed by atoms with Crippen LogP contribution >= 0.6 is 0 Å². The molecule has 0 saturated heterocycles. The third kappa shape index (κ3) is 3.58. The van der Waals surface area contributed by atoms with E-state index < -0.39 is 0 Å². The first-order valence-corrected chi connectivity index (χ1v) is 5.08. The Balaban J connectivity index is 0.000000151. The molecule has 0 fully saturated rings. The summed E-state index contributed by atoms with van der Waals surface area (Å²) in [5.74, 6) is 2.13. The highest BCUT2D eigenvalue weighted by Crippen LogP contribution is 1.92. The number of hydrogen-bond acceptors (Lipinski definition) is 2. The summed E-state index contributed by atoms with van der Waals surface area (Å²) in [4.78, 5) is 11.1. The van der Waals surface area contributed by atoms with Crippen molar-refractivity contribution in [2.75, 3.05) is 0 Å². The summed E-state index contributed by atoms with van der Waals surface area (Å²) in [7, 11) is 2.01. The molecule has 0 spiro atoms. The summed E-state index contributed by atoms with van der Waals surface area (Å²) in [6.45, 7) is 6.02. The highest BCUT2D eigenvalue weighted by atomic mass is 15.0. The fourth-order valence-electron chi connectivity index (χ4n) is 1.28. The molecule has 0 saturated carbocycles. The highest BCUT2D eigenvalue weighted by molar-refractivity contribution is 4.95. The van der Waals surface area contributed by atoms with Gasteiger partial charge in [-0.1, -0.05) is 6.92 Å². The average Bonchev–Trinajstić information content (AvgIpc) is 2.76. The van der Waals surface area contributed by atoms with Crippen LogP contribution in [0.15, 0.2) is 18.6 Å². The summed E-state index contributed by atoms with van der Waals surface area (Å²) in [5, 5.41) is 0. The SMILES string of the molecule is CCc1nccn1C.Cc1cnc(C)[nH]1. The maximum Gasteiger partial charge on any atom is 0.108 e. The summed E-state index contributed by atoms with van der Waals surface area (Å²) in [5.41, 5.74) is 1.12. The zero-order valence-electron chi connectivity index (χ0n) is 9.78. The van der Waals surface area contributed by atoms with Crippen molar-refractivity contribution >= 4 is 0 Å². The van der Waals surface area contributed by atoms with Gasteiger partial charge in [-0.05, 0) is 13.8 Å². The zero-order chi connectivity index (χ0) is 11.3. The number of nitrogens with zero attached hydrogens (tertiary/aromatic N) is 3. The quantitative estimate of drug-likeness (QED) is 0.775. The second kappa shape index (κ2) is 5.34. The van der Waals surface area contributed by atoms with Crippen LogP contribution in [0, 0.1) is 13.8 Å². The van der Waals surface area contributed by atoms with Crippen LogP contribution in [0.25, 0.3) is 0 Å². The Kier molecular flexibility index (Phi) is 4.09. The zero-order valence-corrected chi connectivity index (χ0v) is 9.78. The van der Waals surface area contributed by atoms with Gasteiger partial charge in [0.25, 0.3) is 0 Å². The van der Waals surface area contributed by atoms with Crippen LogP contribution in [0.5, 0.6) is 0 Å². The van der Waals surface area contributed by atoms with Gasteiger partial charge in [0.1, 0.15) is 11.6 Å². The minimum Gasteiger partial charge on any atom is -0.346 e. The Labute approximate surface area is 90.4 Å². The molecule has 0 aliphatic carbocycles. The normalized spacial score (nSPS) is 9.60. The van der Waals surface area contributed by atoms with Gasteiger partial charge in [0, 0.05) is 37.8 Å². The number of rotatable bonds is 1. The summed E-state index contributed by atoms with van der Waals surface area (Å²) in [6.07, 6.45) is 6.61. The Morgan fingerprint density at radius 3 is 2.27 bits per heavy atom. The lowest BCUT2D eigenvalue weighted by Gasteiger charge is -1.92. The van der Waals surface area contributed by atoms with Crippen molar-refractivity contribution in [3.05, 3.63) is 35.9 Å². The molecule has 0 atom stereocenters. The summed E-state index contributed by atoms with van der Waals surface area (Å²) < 4.78 is 2.03. The van der Waals surface area contributed by atoms with E-state index in [0.29, 0.717) is 0 Å². The molecule has 0 amide bonds. The number of hydrogen-bond donors (Lipinski definition) is 1. The molecule has 0 bridgehead atoms. The molecule has 82 valence electrons. The standard InChI is InChI=1S/C6H10N2.C5H8N2/c1-3-6-7-4-5-8(6)2;1-4-3-6-5(2)7-4/h4-5H,3H2,1-2H3;3H,1-2H3,(H,6,7). The van der Waals surface area contributed by atoms with E-state index in [-0.39, 0.29) is 0 Å². The molecule has 2 heterocycles. The third-order valence-electron chi connectivity index (χ3n) is 2.07. The molecule has 15 heavy (non-hydrogen) atoms. The first kappa shape index (κ1) is 11.5. The van der Waals surface area contributed by atoms with E-state index in [1.165, 1.54) is 0 Å². The van der Waals surface area contributed by atoms with Gasteiger partial charge in [0.15, 0.2) is 0 Å². The van der Waals surface area contributed by atoms with E-state index in [1.54, 1.807) is 0 Å². The number of nitrogens with one attached hydrogen (secondary N) is 1. The number of aromatic amines is 1. The second-order valence-corrected chi connectivity index (χ2v) is 3.46. The fourth-order valence-corrected chi connectivity index (χ4v) is 1.28. The minimum atomic E-state index is 0.984. The average molecular weight is 206 g/mol. The molecular weight excluding hydrogens is 188 g/mol. The van der Waals surface area contributed by atoms with Crippen LogP contribution in [0.2, 0.25) is 0 Å². The van der Waals surface area contributed by atoms with Crippen molar-refractivity contribution < 1.29 is 0 Å². The van der Waals surface area contributed by atoms with E-state index in [2.05, 4.69) is 21.9 Å². The van der Waals surface area contributed by atoms with Crippen LogP contribution in [-0.4, -0.2) is 19.5 Å². The molecule has 0 aromatic carbocycles. The summed E-state index contributed by atoms with van der Waals surface area (Å²) >= 11 is 0. The lowest BCUT2D eigenvalue weighted by molar-refractivity contribution is 0.808. The van der Waals surface area contributed by atoms with Crippen molar-refractivity contribution in [1.82, 2.24) is 19.5 Å². The second-order valence-electron chi connectivity index (χ2n) is 3.46. The van der Waals surface area contributed by atoms with Crippen LogP contribution in [0.1, 0.15) is 24.3 Å². The lowest BCUT2D eigenvalue weighted by atomic mass is 10.5. The van der Waals surface area contributed by atoms with Crippen LogP contribution < -0.4 is 0 Å².